The van der Waals surface area contributed by atoms with Gasteiger partial charge in [0, 0.05) is 31.0 Å². The summed E-state index contributed by atoms with van der Waals surface area (Å²) in [5.41, 5.74) is 8.37. The van der Waals surface area contributed by atoms with Crippen molar-refractivity contribution in [2.24, 2.45) is 0 Å². The largest absolute Gasteiger partial charge is 0.396 e. The number of nitrogens with zero attached hydrogens (tertiary/aromatic N) is 4. The Kier molecular flexibility index (Phi) is 1.73. The van der Waals surface area contributed by atoms with Crippen molar-refractivity contribution in [3.8, 4) is 5.69 Å². The van der Waals surface area contributed by atoms with Crippen LogP contribution < -0.4 is 5.73 Å². The molecule has 2 N–H and O–H groups in total. The first kappa shape index (κ1) is 8.96. The van der Waals surface area contributed by atoms with Crippen molar-refractivity contribution in [3.05, 3.63) is 42.9 Å². The molecule has 0 bridgehead atoms. The average molecular weight is 213 g/mol. The van der Waals surface area contributed by atoms with Crippen molar-refractivity contribution in [2.75, 3.05) is 5.73 Å². The van der Waals surface area contributed by atoms with E-state index in [0.29, 0.717) is 5.69 Å². The maximum atomic E-state index is 5.94. The fraction of sp³-hybridized carbons (Fsp3) is 0.0909. The zero-order valence-electron chi connectivity index (χ0n) is 8.83. The smallest absolute Gasteiger partial charge is 0.160 e. The van der Waals surface area contributed by atoms with Crippen molar-refractivity contribution >= 4 is 11.3 Å². The molecule has 0 aliphatic carbocycles. The lowest BCUT2D eigenvalue weighted by Crippen LogP contribution is -2.00. The molecule has 3 rings (SSSR count). The number of nitrogen functional groups attached to an aromatic ring is 1. The molecule has 0 aromatic carbocycles. The monoisotopic (exact) mass is 213 g/mol. The fourth-order valence-corrected chi connectivity index (χ4v) is 1.83. The number of rotatable bonds is 1. The Labute approximate surface area is 92.2 Å². The van der Waals surface area contributed by atoms with Gasteiger partial charge >= 0.3 is 0 Å². The molecule has 0 atom stereocenters. The minimum Gasteiger partial charge on any atom is -0.396 e. The summed E-state index contributed by atoms with van der Waals surface area (Å²) in [7, 11) is 0. The lowest BCUT2D eigenvalue weighted by atomic mass is 10.3. The number of anilines is 1. The molecule has 0 unspecified atom stereocenters. The molecule has 16 heavy (non-hydrogen) atoms. The molecule has 5 nitrogen and oxygen atoms in total. The SMILES string of the molecule is Cc1nccn1-c1cc(N)c2nccn2c1. The van der Waals surface area contributed by atoms with Gasteiger partial charge in [-0.25, -0.2) is 9.97 Å². The summed E-state index contributed by atoms with van der Waals surface area (Å²) in [5, 5.41) is 0. The topological polar surface area (TPSA) is 61.1 Å². The van der Waals surface area contributed by atoms with E-state index in [1.54, 1.807) is 12.4 Å². The van der Waals surface area contributed by atoms with E-state index in [1.165, 1.54) is 0 Å². The molecule has 0 saturated carbocycles. The van der Waals surface area contributed by atoms with Gasteiger partial charge in [-0.1, -0.05) is 0 Å². The van der Waals surface area contributed by atoms with E-state index >= 15 is 0 Å². The minimum atomic E-state index is 0.663. The first-order valence-corrected chi connectivity index (χ1v) is 4.98. The molecule has 0 amide bonds. The molecule has 0 aliphatic heterocycles. The predicted molar refractivity (Wildman–Crippen MR) is 61.5 cm³/mol. The van der Waals surface area contributed by atoms with E-state index in [9.17, 15) is 0 Å². The van der Waals surface area contributed by atoms with Crippen LogP contribution in [0.25, 0.3) is 11.3 Å². The van der Waals surface area contributed by atoms with Crippen LogP contribution in [0.1, 0.15) is 5.82 Å². The highest BCUT2D eigenvalue weighted by Gasteiger charge is 2.05. The number of hydrogen-bond acceptors (Lipinski definition) is 3. The first-order chi connectivity index (χ1) is 7.75. The van der Waals surface area contributed by atoms with E-state index in [0.717, 1.165) is 17.2 Å². The van der Waals surface area contributed by atoms with Crippen molar-refractivity contribution in [3.63, 3.8) is 0 Å². The number of aromatic nitrogens is 4. The average Bonchev–Trinajstić information content (AvgIpc) is 2.85. The fourth-order valence-electron chi connectivity index (χ4n) is 1.83. The van der Waals surface area contributed by atoms with E-state index in [1.807, 2.05) is 40.5 Å². The molecule has 0 aliphatic rings. The highest BCUT2D eigenvalue weighted by molar-refractivity contribution is 5.67. The lowest BCUT2D eigenvalue weighted by Gasteiger charge is -2.07. The lowest BCUT2D eigenvalue weighted by molar-refractivity contribution is 0.959. The third-order valence-corrected chi connectivity index (χ3v) is 2.61. The van der Waals surface area contributed by atoms with Crippen LogP contribution in [-0.2, 0) is 0 Å². The molecular weight excluding hydrogens is 202 g/mol. The second-order valence-electron chi connectivity index (χ2n) is 3.66. The van der Waals surface area contributed by atoms with Crippen molar-refractivity contribution in [1.82, 2.24) is 18.9 Å². The van der Waals surface area contributed by atoms with Crippen LogP contribution in [0, 0.1) is 6.92 Å². The maximum absolute atomic E-state index is 5.94. The van der Waals surface area contributed by atoms with Crippen LogP contribution >= 0.6 is 0 Å². The van der Waals surface area contributed by atoms with E-state index in [2.05, 4.69) is 9.97 Å². The van der Waals surface area contributed by atoms with Crippen LogP contribution in [0.3, 0.4) is 0 Å². The van der Waals surface area contributed by atoms with Gasteiger partial charge in [-0.3, -0.25) is 0 Å². The Bertz CT molecular complexity index is 649. The predicted octanol–water partition coefficient (Wildman–Crippen LogP) is 1.41. The van der Waals surface area contributed by atoms with Crippen molar-refractivity contribution in [1.29, 1.82) is 0 Å². The van der Waals surface area contributed by atoms with Gasteiger partial charge in [-0.2, -0.15) is 0 Å². The summed E-state index contributed by atoms with van der Waals surface area (Å²) in [6.45, 7) is 1.95. The molecule has 3 aromatic rings. The Balaban J connectivity index is 2.29. The van der Waals surface area contributed by atoms with Gasteiger partial charge in [-0.15, -0.1) is 0 Å². The van der Waals surface area contributed by atoms with Crippen LogP contribution in [-0.4, -0.2) is 18.9 Å². The summed E-state index contributed by atoms with van der Waals surface area (Å²) in [5.74, 6) is 0.930. The molecule has 0 fully saturated rings. The molecule has 0 spiro atoms. The molecule has 0 radical (unpaired) electrons. The first-order valence-electron chi connectivity index (χ1n) is 4.98. The molecule has 3 heterocycles. The van der Waals surface area contributed by atoms with Crippen molar-refractivity contribution in [2.45, 2.75) is 6.92 Å². The van der Waals surface area contributed by atoms with Crippen LogP contribution in [0.15, 0.2) is 37.1 Å². The van der Waals surface area contributed by atoms with E-state index in [4.69, 9.17) is 5.73 Å². The van der Waals surface area contributed by atoms with Gasteiger partial charge < -0.3 is 14.7 Å². The van der Waals surface area contributed by atoms with Crippen LogP contribution in [0.4, 0.5) is 5.69 Å². The number of hydrogen-bond donors (Lipinski definition) is 1. The Morgan fingerprint density at radius 2 is 2.00 bits per heavy atom. The maximum Gasteiger partial charge on any atom is 0.160 e. The summed E-state index contributed by atoms with van der Waals surface area (Å²) in [6.07, 6.45) is 9.27. The van der Waals surface area contributed by atoms with Gasteiger partial charge in [0.05, 0.1) is 11.4 Å². The van der Waals surface area contributed by atoms with Crippen LogP contribution in [0.5, 0.6) is 0 Å². The number of nitrogens with two attached hydrogens (primary N) is 1. The Hall–Kier alpha value is -2.30. The summed E-state index contributed by atoms with van der Waals surface area (Å²) < 4.78 is 3.89. The van der Waals surface area contributed by atoms with Gasteiger partial charge in [0.2, 0.25) is 0 Å². The summed E-state index contributed by atoms with van der Waals surface area (Å²) >= 11 is 0. The molecule has 80 valence electrons. The van der Waals surface area contributed by atoms with Gasteiger partial charge in [0.1, 0.15) is 5.82 Å². The quantitative estimate of drug-likeness (QED) is 0.664. The highest BCUT2D eigenvalue weighted by Crippen LogP contribution is 2.18. The van der Waals surface area contributed by atoms with E-state index in [-0.39, 0.29) is 0 Å². The molecule has 3 aromatic heterocycles. The standard InChI is InChI=1S/C11H11N5/c1-8-13-3-5-16(8)9-6-10(12)11-14-2-4-15(11)7-9/h2-7H,12H2,1H3. The van der Waals surface area contributed by atoms with Crippen molar-refractivity contribution < 1.29 is 0 Å². The van der Waals surface area contributed by atoms with Gasteiger partial charge in [0.15, 0.2) is 5.65 Å². The van der Waals surface area contributed by atoms with E-state index < -0.39 is 0 Å². The number of fused-ring (bicyclic) bond motifs is 1. The second-order valence-corrected chi connectivity index (χ2v) is 3.66. The third kappa shape index (κ3) is 1.18. The summed E-state index contributed by atoms with van der Waals surface area (Å²) in [4.78, 5) is 8.36. The normalized spacial score (nSPS) is 11.1. The summed E-state index contributed by atoms with van der Waals surface area (Å²) in [6, 6.07) is 1.90. The molecule has 0 saturated heterocycles. The zero-order chi connectivity index (χ0) is 11.1. The Morgan fingerprint density at radius 1 is 1.19 bits per heavy atom. The zero-order valence-corrected chi connectivity index (χ0v) is 8.83. The number of aryl methyl sites for hydroxylation is 1. The second kappa shape index (κ2) is 3.10. The van der Waals surface area contributed by atoms with Crippen LogP contribution in [0.2, 0.25) is 0 Å². The molecular formula is C11H11N5. The Morgan fingerprint density at radius 3 is 2.75 bits per heavy atom. The minimum absolute atomic E-state index is 0.663. The third-order valence-electron chi connectivity index (χ3n) is 2.61. The number of pyridine rings is 1. The van der Waals surface area contributed by atoms with Gasteiger partial charge in [0.25, 0.3) is 0 Å². The molecule has 5 heteroatoms. The van der Waals surface area contributed by atoms with Gasteiger partial charge in [-0.05, 0) is 13.0 Å². The highest BCUT2D eigenvalue weighted by atomic mass is 15.1. The number of imidazole rings is 2.